The summed E-state index contributed by atoms with van der Waals surface area (Å²) in [6.45, 7) is 6.61. The van der Waals surface area contributed by atoms with Gasteiger partial charge in [-0.2, -0.15) is 0 Å². The Bertz CT molecular complexity index is 325. The Morgan fingerprint density at radius 3 is 3.19 bits per heavy atom. The molecule has 1 N–H and O–H groups in total. The Labute approximate surface area is 94.3 Å². The SMILES string of the molecule is C=CC[C@@H]1CNC[C@]1(N=[N+]=[N-])C(=O)OCC. The predicted octanol–water partition coefficient (Wildman–Crippen LogP) is 1.39. The van der Waals surface area contributed by atoms with Gasteiger partial charge in [0.05, 0.1) is 6.61 Å². The van der Waals surface area contributed by atoms with Gasteiger partial charge in [0.1, 0.15) is 0 Å². The van der Waals surface area contributed by atoms with Crippen LogP contribution in [0.5, 0.6) is 0 Å². The van der Waals surface area contributed by atoms with Crippen LogP contribution < -0.4 is 5.32 Å². The van der Waals surface area contributed by atoms with E-state index in [4.69, 9.17) is 10.3 Å². The summed E-state index contributed by atoms with van der Waals surface area (Å²) in [4.78, 5) is 14.7. The Morgan fingerprint density at radius 1 is 1.88 bits per heavy atom. The van der Waals surface area contributed by atoms with Crippen molar-refractivity contribution in [2.24, 2.45) is 11.0 Å². The smallest absolute Gasteiger partial charge is 0.319 e. The van der Waals surface area contributed by atoms with Gasteiger partial charge < -0.3 is 10.1 Å². The van der Waals surface area contributed by atoms with E-state index in [0.717, 1.165) is 0 Å². The van der Waals surface area contributed by atoms with Crippen molar-refractivity contribution in [2.45, 2.75) is 18.9 Å². The van der Waals surface area contributed by atoms with E-state index in [1.165, 1.54) is 0 Å². The molecular weight excluding hydrogens is 208 g/mol. The molecule has 0 spiro atoms. The number of nitrogens with one attached hydrogen (secondary N) is 1. The van der Waals surface area contributed by atoms with Gasteiger partial charge >= 0.3 is 5.97 Å². The molecule has 0 aromatic carbocycles. The fourth-order valence-electron chi connectivity index (χ4n) is 1.96. The summed E-state index contributed by atoms with van der Waals surface area (Å²) in [5.74, 6) is -0.537. The maximum atomic E-state index is 11.9. The summed E-state index contributed by atoms with van der Waals surface area (Å²) < 4.78 is 4.98. The van der Waals surface area contributed by atoms with Crippen LogP contribution in [0.3, 0.4) is 0 Å². The standard InChI is InChI=1S/C10H16N4O2/c1-3-5-8-6-12-7-10(8,13-14-11)9(15)16-4-2/h3,8,12H,1,4-7H2,2H3/t8-,10-/m1/s1. The lowest BCUT2D eigenvalue weighted by Gasteiger charge is -2.26. The molecule has 6 nitrogen and oxygen atoms in total. The van der Waals surface area contributed by atoms with E-state index in [1.54, 1.807) is 13.0 Å². The van der Waals surface area contributed by atoms with Crippen LogP contribution in [0.25, 0.3) is 10.4 Å². The summed E-state index contributed by atoms with van der Waals surface area (Å²) >= 11 is 0. The summed E-state index contributed by atoms with van der Waals surface area (Å²) in [5.41, 5.74) is 7.48. The number of allylic oxidation sites excluding steroid dienone is 1. The number of carbonyl (C=O) groups is 1. The molecule has 16 heavy (non-hydrogen) atoms. The molecule has 1 aliphatic rings. The number of ether oxygens (including phenoxy) is 1. The van der Waals surface area contributed by atoms with Crippen molar-refractivity contribution in [3.05, 3.63) is 23.1 Å². The van der Waals surface area contributed by atoms with E-state index in [1.807, 2.05) is 0 Å². The van der Waals surface area contributed by atoms with Crippen LogP contribution in [0, 0.1) is 5.92 Å². The zero-order chi connectivity index (χ0) is 12.0. The minimum absolute atomic E-state index is 0.0834. The molecular formula is C10H16N4O2. The van der Waals surface area contributed by atoms with Gasteiger partial charge in [-0.3, -0.25) is 4.79 Å². The van der Waals surface area contributed by atoms with Gasteiger partial charge in [0.15, 0.2) is 5.54 Å². The summed E-state index contributed by atoms with van der Waals surface area (Å²) in [6.07, 6.45) is 2.34. The molecule has 0 radical (unpaired) electrons. The van der Waals surface area contributed by atoms with Crippen LogP contribution in [0.1, 0.15) is 13.3 Å². The van der Waals surface area contributed by atoms with Crippen molar-refractivity contribution in [2.75, 3.05) is 19.7 Å². The molecule has 1 aliphatic heterocycles. The third-order valence-electron chi connectivity index (χ3n) is 2.76. The Kier molecular flexibility index (Phi) is 4.34. The molecule has 2 atom stereocenters. The second-order valence-corrected chi connectivity index (χ2v) is 3.69. The van der Waals surface area contributed by atoms with Crippen molar-refractivity contribution in [3.8, 4) is 0 Å². The van der Waals surface area contributed by atoms with Gasteiger partial charge in [-0.25, -0.2) is 0 Å². The molecule has 0 aromatic rings. The van der Waals surface area contributed by atoms with E-state index >= 15 is 0 Å². The highest BCUT2D eigenvalue weighted by Crippen LogP contribution is 2.31. The fourth-order valence-corrected chi connectivity index (χ4v) is 1.96. The number of hydrogen-bond donors (Lipinski definition) is 1. The second-order valence-electron chi connectivity index (χ2n) is 3.69. The van der Waals surface area contributed by atoms with Crippen molar-refractivity contribution in [3.63, 3.8) is 0 Å². The molecule has 1 heterocycles. The van der Waals surface area contributed by atoms with Gasteiger partial charge in [0.25, 0.3) is 0 Å². The highest BCUT2D eigenvalue weighted by molar-refractivity contribution is 5.82. The van der Waals surface area contributed by atoms with Crippen molar-refractivity contribution >= 4 is 5.97 Å². The van der Waals surface area contributed by atoms with Gasteiger partial charge in [-0.1, -0.05) is 11.2 Å². The number of nitrogens with zero attached hydrogens (tertiary/aromatic N) is 3. The van der Waals surface area contributed by atoms with Gasteiger partial charge in [0, 0.05) is 11.5 Å². The maximum Gasteiger partial charge on any atom is 0.319 e. The zero-order valence-electron chi connectivity index (χ0n) is 9.35. The Morgan fingerprint density at radius 2 is 2.62 bits per heavy atom. The van der Waals surface area contributed by atoms with Gasteiger partial charge in [0.2, 0.25) is 0 Å². The first-order valence-electron chi connectivity index (χ1n) is 5.26. The van der Waals surface area contributed by atoms with E-state index < -0.39 is 11.5 Å². The molecule has 0 aliphatic carbocycles. The first-order valence-corrected chi connectivity index (χ1v) is 5.26. The topological polar surface area (TPSA) is 87.1 Å². The summed E-state index contributed by atoms with van der Waals surface area (Å²) in [6, 6.07) is 0. The molecule has 6 heteroatoms. The third kappa shape index (κ3) is 2.18. The number of rotatable bonds is 5. The average Bonchev–Trinajstić information content (AvgIpc) is 2.64. The number of carbonyl (C=O) groups excluding carboxylic acids is 1. The summed E-state index contributed by atoms with van der Waals surface area (Å²) in [5, 5.41) is 6.73. The van der Waals surface area contributed by atoms with Crippen molar-refractivity contribution in [1.29, 1.82) is 0 Å². The van der Waals surface area contributed by atoms with E-state index in [0.29, 0.717) is 19.5 Å². The molecule has 0 amide bonds. The molecule has 0 unspecified atom stereocenters. The van der Waals surface area contributed by atoms with Gasteiger partial charge in [-0.05, 0) is 31.3 Å². The lowest BCUT2D eigenvalue weighted by molar-refractivity contribution is -0.150. The minimum atomic E-state index is -1.11. The van der Waals surface area contributed by atoms with Crippen LogP contribution >= 0.6 is 0 Å². The molecule has 0 bridgehead atoms. The Balaban J connectivity index is 2.98. The molecule has 88 valence electrons. The van der Waals surface area contributed by atoms with Crippen molar-refractivity contribution in [1.82, 2.24) is 5.32 Å². The van der Waals surface area contributed by atoms with Crippen LogP contribution in [0.4, 0.5) is 0 Å². The third-order valence-corrected chi connectivity index (χ3v) is 2.76. The van der Waals surface area contributed by atoms with Crippen molar-refractivity contribution < 1.29 is 9.53 Å². The van der Waals surface area contributed by atoms with Crippen LogP contribution in [-0.4, -0.2) is 31.2 Å². The van der Waals surface area contributed by atoms with Crippen LogP contribution in [0.2, 0.25) is 0 Å². The van der Waals surface area contributed by atoms with Crippen LogP contribution in [-0.2, 0) is 9.53 Å². The quantitative estimate of drug-likeness (QED) is 0.252. The maximum absolute atomic E-state index is 11.9. The highest BCUT2D eigenvalue weighted by Gasteiger charge is 2.49. The van der Waals surface area contributed by atoms with Crippen LogP contribution in [0.15, 0.2) is 17.8 Å². The lowest BCUT2D eigenvalue weighted by atomic mass is 9.85. The minimum Gasteiger partial charge on any atom is -0.465 e. The fraction of sp³-hybridized carbons (Fsp3) is 0.700. The highest BCUT2D eigenvalue weighted by atomic mass is 16.5. The normalized spacial score (nSPS) is 28.2. The van der Waals surface area contributed by atoms with Gasteiger partial charge in [-0.15, -0.1) is 6.58 Å². The number of esters is 1. The monoisotopic (exact) mass is 224 g/mol. The second kappa shape index (κ2) is 5.53. The number of azide groups is 1. The molecule has 1 rings (SSSR count). The van der Waals surface area contributed by atoms with E-state index in [9.17, 15) is 4.79 Å². The first-order chi connectivity index (χ1) is 7.71. The molecule has 0 saturated carbocycles. The summed E-state index contributed by atoms with van der Waals surface area (Å²) in [7, 11) is 0. The Hall–Kier alpha value is -1.52. The molecule has 1 fully saturated rings. The predicted molar refractivity (Wildman–Crippen MR) is 59.7 cm³/mol. The zero-order valence-corrected chi connectivity index (χ0v) is 9.35. The van der Waals surface area contributed by atoms with E-state index in [2.05, 4.69) is 21.9 Å². The first kappa shape index (κ1) is 12.5. The molecule has 1 saturated heterocycles. The largest absolute Gasteiger partial charge is 0.465 e. The molecule has 0 aromatic heterocycles. The average molecular weight is 224 g/mol. The number of hydrogen-bond acceptors (Lipinski definition) is 4. The van der Waals surface area contributed by atoms with E-state index in [-0.39, 0.29) is 12.5 Å². The lowest BCUT2D eigenvalue weighted by Crippen LogP contribution is -2.45.